The van der Waals surface area contributed by atoms with Crippen LogP contribution in [0.2, 0.25) is 0 Å². The maximum absolute atomic E-state index is 13.2. The highest BCUT2D eigenvalue weighted by atomic mass is 19.1. The van der Waals surface area contributed by atoms with E-state index >= 15 is 0 Å². The molecule has 0 saturated carbocycles. The number of hydrogen-bond acceptors (Lipinski definition) is 2. The molecular formula is C12H17FO2. The summed E-state index contributed by atoms with van der Waals surface area (Å²) in [7, 11) is 0. The third-order valence-electron chi connectivity index (χ3n) is 2.38. The van der Waals surface area contributed by atoms with E-state index in [0.29, 0.717) is 5.56 Å². The average molecular weight is 212 g/mol. The normalized spacial score (nSPS) is 14.9. The number of halogens is 1. The standard InChI is InChI=1S/C12H17FO2/c1-3-9(2)15-8-12(14)10-6-4-5-7-11(10)13/h4-7,9,12,14H,3,8H2,1-2H3. The van der Waals surface area contributed by atoms with Gasteiger partial charge in [0.1, 0.15) is 11.9 Å². The summed E-state index contributed by atoms with van der Waals surface area (Å²) in [6.07, 6.45) is 0.0795. The number of rotatable bonds is 5. The summed E-state index contributed by atoms with van der Waals surface area (Å²) in [6, 6.07) is 6.20. The Labute approximate surface area is 89.7 Å². The number of aliphatic hydroxyl groups excluding tert-OH is 1. The van der Waals surface area contributed by atoms with Gasteiger partial charge in [-0.25, -0.2) is 4.39 Å². The van der Waals surface area contributed by atoms with Crippen molar-refractivity contribution in [1.82, 2.24) is 0 Å². The molecule has 0 amide bonds. The fourth-order valence-electron chi connectivity index (χ4n) is 1.21. The van der Waals surface area contributed by atoms with Crippen LogP contribution in [0.15, 0.2) is 24.3 Å². The molecule has 0 aliphatic rings. The molecule has 0 fully saturated rings. The Morgan fingerprint density at radius 2 is 2.07 bits per heavy atom. The van der Waals surface area contributed by atoms with Gasteiger partial charge in [0.15, 0.2) is 0 Å². The minimum absolute atomic E-state index is 0.0893. The first-order valence-corrected chi connectivity index (χ1v) is 5.19. The number of benzene rings is 1. The third kappa shape index (κ3) is 3.61. The monoisotopic (exact) mass is 212 g/mol. The van der Waals surface area contributed by atoms with Gasteiger partial charge in [-0.1, -0.05) is 25.1 Å². The smallest absolute Gasteiger partial charge is 0.129 e. The number of hydrogen-bond donors (Lipinski definition) is 1. The fraction of sp³-hybridized carbons (Fsp3) is 0.500. The fourth-order valence-corrected chi connectivity index (χ4v) is 1.21. The van der Waals surface area contributed by atoms with E-state index in [1.54, 1.807) is 18.2 Å². The van der Waals surface area contributed by atoms with E-state index in [9.17, 15) is 9.50 Å². The molecule has 3 heteroatoms. The second-order valence-electron chi connectivity index (χ2n) is 3.59. The Morgan fingerprint density at radius 1 is 1.40 bits per heavy atom. The van der Waals surface area contributed by atoms with Crippen LogP contribution in [0.3, 0.4) is 0 Å². The highest BCUT2D eigenvalue weighted by Crippen LogP contribution is 2.17. The topological polar surface area (TPSA) is 29.5 Å². The van der Waals surface area contributed by atoms with Crippen LogP contribution in [0.4, 0.5) is 4.39 Å². The Hall–Kier alpha value is -0.930. The zero-order chi connectivity index (χ0) is 11.3. The predicted molar refractivity (Wildman–Crippen MR) is 57.1 cm³/mol. The lowest BCUT2D eigenvalue weighted by atomic mass is 10.1. The van der Waals surface area contributed by atoms with Crippen LogP contribution in [0, 0.1) is 5.82 Å². The molecule has 15 heavy (non-hydrogen) atoms. The molecule has 0 aliphatic carbocycles. The summed E-state index contributed by atoms with van der Waals surface area (Å²) in [6.45, 7) is 4.06. The zero-order valence-electron chi connectivity index (χ0n) is 9.11. The van der Waals surface area contributed by atoms with Crippen LogP contribution < -0.4 is 0 Å². The third-order valence-corrected chi connectivity index (χ3v) is 2.38. The van der Waals surface area contributed by atoms with Crippen molar-refractivity contribution < 1.29 is 14.2 Å². The van der Waals surface area contributed by atoms with Crippen molar-refractivity contribution >= 4 is 0 Å². The van der Waals surface area contributed by atoms with E-state index in [4.69, 9.17) is 4.74 Å². The van der Waals surface area contributed by atoms with Crippen LogP contribution in [0.5, 0.6) is 0 Å². The number of aliphatic hydroxyl groups is 1. The summed E-state index contributed by atoms with van der Waals surface area (Å²) in [5, 5.41) is 9.68. The van der Waals surface area contributed by atoms with Gasteiger partial charge in [-0.05, 0) is 19.4 Å². The Bertz CT molecular complexity index is 301. The van der Waals surface area contributed by atoms with Gasteiger partial charge in [0.25, 0.3) is 0 Å². The summed E-state index contributed by atoms with van der Waals surface area (Å²) < 4.78 is 18.6. The molecule has 0 bridgehead atoms. The minimum Gasteiger partial charge on any atom is -0.386 e. The van der Waals surface area contributed by atoms with E-state index in [1.807, 2.05) is 13.8 Å². The van der Waals surface area contributed by atoms with Gasteiger partial charge in [0.05, 0.1) is 12.7 Å². The first-order chi connectivity index (χ1) is 7.15. The van der Waals surface area contributed by atoms with Gasteiger partial charge in [0.2, 0.25) is 0 Å². The van der Waals surface area contributed by atoms with Crippen molar-refractivity contribution in [2.45, 2.75) is 32.5 Å². The highest BCUT2D eigenvalue weighted by Gasteiger charge is 2.13. The van der Waals surface area contributed by atoms with Gasteiger partial charge < -0.3 is 9.84 Å². The molecule has 0 saturated heterocycles. The van der Waals surface area contributed by atoms with Gasteiger partial charge >= 0.3 is 0 Å². The molecule has 0 spiro atoms. The van der Waals surface area contributed by atoms with Crippen molar-refractivity contribution in [1.29, 1.82) is 0 Å². The molecular weight excluding hydrogens is 195 g/mol. The lowest BCUT2D eigenvalue weighted by molar-refractivity contribution is -0.00496. The molecule has 1 rings (SSSR count). The molecule has 0 aliphatic heterocycles. The molecule has 0 radical (unpaired) electrons. The molecule has 0 heterocycles. The van der Waals surface area contributed by atoms with Crippen LogP contribution in [-0.2, 0) is 4.74 Å². The second-order valence-corrected chi connectivity index (χ2v) is 3.59. The van der Waals surface area contributed by atoms with Crippen LogP contribution >= 0.6 is 0 Å². The Morgan fingerprint density at radius 3 is 2.67 bits per heavy atom. The van der Waals surface area contributed by atoms with E-state index in [0.717, 1.165) is 6.42 Å². The molecule has 1 aromatic rings. The number of ether oxygens (including phenoxy) is 1. The molecule has 1 N–H and O–H groups in total. The maximum atomic E-state index is 13.2. The van der Waals surface area contributed by atoms with E-state index in [2.05, 4.69) is 0 Å². The van der Waals surface area contributed by atoms with E-state index < -0.39 is 11.9 Å². The van der Waals surface area contributed by atoms with Gasteiger partial charge in [-0.2, -0.15) is 0 Å². The van der Waals surface area contributed by atoms with Crippen molar-refractivity contribution in [2.24, 2.45) is 0 Å². The first kappa shape index (κ1) is 12.1. The van der Waals surface area contributed by atoms with Crippen LogP contribution in [0.25, 0.3) is 0 Å². The quantitative estimate of drug-likeness (QED) is 0.813. The summed E-state index contributed by atoms with van der Waals surface area (Å²) in [5.41, 5.74) is 0.292. The molecule has 2 atom stereocenters. The Kier molecular flexibility index (Phi) is 4.72. The zero-order valence-corrected chi connectivity index (χ0v) is 9.11. The molecule has 0 aromatic heterocycles. The van der Waals surface area contributed by atoms with Crippen molar-refractivity contribution in [2.75, 3.05) is 6.61 Å². The van der Waals surface area contributed by atoms with Gasteiger partial charge in [-0.15, -0.1) is 0 Å². The largest absolute Gasteiger partial charge is 0.386 e. The van der Waals surface area contributed by atoms with Crippen LogP contribution in [0.1, 0.15) is 31.9 Å². The second kappa shape index (κ2) is 5.83. The SMILES string of the molecule is CCC(C)OCC(O)c1ccccc1F. The van der Waals surface area contributed by atoms with Crippen molar-refractivity contribution in [3.8, 4) is 0 Å². The summed E-state index contributed by atoms with van der Waals surface area (Å²) >= 11 is 0. The summed E-state index contributed by atoms with van der Waals surface area (Å²) in [5.74, 6) is -0.391. The average Bonchev–Trinajstić information content (AvgIpc) is 2.26. The van der Waals surface area contributed by atoms with Gasteiger partial charge in [-0.3, -0.25) is 0 Å². The van der Waals surface area contributed by atoms with Crippen molar-refractivity contribution in [3.05, 3.63) is 35.6 Å². The lowest BCUT2D eigenvalue weighted by Gasteiger charge is -2.15. The molecule has 2 nitrogen and oxygen atoms in total. The predicted octanol–water partition coefficient (Wildman–Crippen LogP) is 2.67. The Balaban J connectivity index is 2.54. The van der Waals surface area contributed by atoms with Crippen LogP contribution in [-0.4, -0.2) is 17.8 Å². The summed E-state index contributed by atoms with van der Waals surface area (Å²) in [4.78, 5) is 0. The molecule has 2 unspecified atom stereocenters. The van der Waals surface area contributed by atoms with E-state index in [-0.39, 0.29) is 12.7 Å². The molecule has 1 aromatic carbocycles. The minimum atomic E-state index is -0.889. The first-order valence-electron chi connectivity index (χ1n) is 5.19. The molecule has 84 valence electrons. The maximum Gasteiger partial charge on any atom is 0.129 e. The highest BCUT2D eigenvalue weighted by molar-refractivity contribution is 5.19. The van der Waals surface area contributed by atoms with Crippen molar-refractivity contribution in [3.63, 3.8) is 0 Å². The van der Waals surface area contributed by atoms with E-state index in [1.165, 1.54) is 6.07 Å². The lowest BCUT2D eigenvalue weighted by Crippen LogP contribution is -2.14. The van der Waals surface area contributed by atoms with Gasteiger partial charge in [0, 0.05) is 5.56 Å².